The molecule has 0 radical (unpaired) electrons. The molecule has 2 aromatic heterocycles. The van der Waals surface area contributed by atoms with E-state index in [1.54, 1.807) is 12.3 Å². The van der Waals surface area contributed by atoms with Gasteiger partial charge in [0.05, 0.1) is 0 Å². The summed E-state index contributed by atoms with van der Waals surface area (Å²) in [7, 11) is 0. The van der Waals surface area contributed by atoms with Crippen molar-refractivity contribution in [3.63, 3.8) is 0 Å². The van der Waals surface area contributed by atoms with Crippen molar-refractivity contribution in [2.24, 2.45) is 0 Å². The largest absolute Gasteiger partial charge is 0.350 e. The number of aromatic amines is 1. The zero-order valence-electron chi connectivity index (χ0n) is 10.5. The van der Waals surface area contributed by atoms with Crippen molar-refractivity contribution in [3.8, 4) is 0 Å². The van der Waals surface area contributed by atoms with Gasteiger partial charge in [0, 0.05) is 17.1 Å². The number of amides is 1. The van der Waals surface area contributed by atoms with E-state index < -0.39 is 0 Å². The molecule has 4 heteroatoms. The van der Waals surface area contributed by atoms with Gasteiger partial charge >= 0.3 is 0 Å². The number of aryl methyl sites for hydroxylation is 1. The van der Waals surface area contributed by atoms with E-state index in [2.05, 4.69) is 15.3 Å². The lowest BCUT2D eigenvalue weighted by atomic mass is 10.2. The van der Waals surface area contributed by atoms with Crippen molar-refractivity contribution in [2.75, 3.05) is 5.32 Å². The van der Waals surface area contributed by atoms with Crippen LogP contribution in [0.1, 0.15) is 16.1 Å². The number of para-hydroxylation sites is 1. The molecule has 3 aromatic rings. The first kappa shape index (κ1) is 11.5. The highest BCUT2D eigenvalue weighted by atomic mass is 16.1. The Balaban J connectivity index is 1.92. The van der Waals surface area contributed by atoms with Gasteiger partial charge in [-0.15, -0.1) is 0 Å². The normalized spacial score (nSPS) is 10.6. The summed E-state index contributed by atoms with van der Waals surface area (Å²) in [5.41, 5.74) is 2.65. The van der Waals surface area contributed by atoms with Crippen LogP contribution in [0.2, 0.25) is 0 Å². The maximum Gasteiger partial charge on any atom is 0.273 e. The number of fused-ring (bicyclic) bond motifs is 1. The molecule has 4 nitrogen and oxygen atoms in total. The van der Waals surface area contributed by atoms with E-state index in [0.29, 0.717) is 11.5 Å². The smallest absolute Gasteiger partial charge is 0.273 e. The molecule has 1 aromatic carbocycles. The predicted molar refractivity (Wildman–Crippen MR) is 75.2 cm³/mol. The molecule has 0 aliphatic rings. The van der Waals surface area contributed by atoms with Gasteiger partial charge in [-0.1, -0.05) is 24.3 Å². The first-order valence-corrected chi connectivity index (χ1v) is 6.05. The molecule has 0 spiro atoms. The Morgan fingerprint density at radius 3 is 2.84 bits per heavy atom. The summed E-state index contributed by atoms with van der Waals surface area (Å²) in [6.07, 6.45) is 1.64. The van der Waals surface area contributed by atoms with Crippen molar-refractivity contribution in [1.29, 1.82) is 0 Å². The number of H-pyrrole nitrogens is 1. The first-order chi connectivity index (χ1) is 9.24. The molecule has 0 unspecified atom stereocenters. The molecule has 0 aliphatic heterocycles. The maximum absolute atomic E-state index is 12.1. The van der Waals surface area contributed by atoms with Gasteiger partial charge in [-0.3, -0.25) is 4.79 Å². The molecule has 3 rings (SSSR count). The summed E-state index contributed by atoms with van der Waals surface area (Å²) in [6, 6.07) is 13.2. The van der Waals surface area contributed by atoms with Crippen molar-refractivity contribution in [3.05, 3.63) is 59.9 Å². The number of rotatable bonds is 2. The number of hydrogen-bond acceptors (Lipinski definition) is 2. The van der Waals surface area contributed by atoms with E-state index in [9.17, 15) is 4.79 Å². The van der Waals surface area contributed by atoms with Gasteiger partial charge in [-0.05, 0) is 30.7 Å². The molecular formula is C15H13N3O. The number of benzene rings is 1. The van der Waals surface area contributed by atoms with Crippen LogP contribution in [-0.4, -0.2) is 15.9 Å². The molecule has 19 heavy (non-hydrogen) atoms. The maximum atomic E-state index is 12.1. The number of pyridine rings is 1. The first-order valence-electron chi connectivity index (χ1n) is 6.05. The molecule has 0 fully saturated rings. The summed E-state index contributed by atoms with van der Waals surface area (Å²) < 4.78 is 0. The molecule has 2 heterocycles. The lowest BCUT2D eigenvalue weighted by Gasteiger charge is -2.01. The number of anilines is 1. The number of aromatic nitrogens is 2. The van der Waals surface area contributed by atoms with Crippen molar-refractivity contribution >= 4 is 22.6 Å². The Labute approximate surface area is 110 Å². The van der Waals surface area contributed by atoms with Crippen molar-refractivity contribution in [1.82, 2.24) is 9.97 Å². The highest BCUT2D eigenvalue weighted by molar-refractivity contribution is 6.05. The van der Waals surface area contributed by atoms with E-state index in [1.165, 1.54) is 0 Å². The molecule has 0 atom stereocenters. The van der Waals surface area contributed by atoms with Gasteiger partial charge in [-0.2, -0.15) is 0 Å². The minimum atomic E-state index is -0.186. The summed E-state index contributed by atoms with van der Waals surface area (Å²) in [6.45, 7) is 2.01. The molecule has 94 valence electrons. The predicted octanol–water partition coefficient (Wildman–Crippen LogP) is 3.12. The number of hydrogen-bond donors (Lipinski definition) is 2. The van der Waals surface area contributed by atoms with Crippen LogP contribution in [0.15, 0.2) is 48.7 Å². The number of nitrogens with one attached hydrogen (secondary N) is 2. The SMILES string of the molecule is Cc1cccc2cc(C(=O)Nc3ccccn3)[nH]c12. The zero-order valence-corrected chi connectivity index (χ0v) is 10.5. The second kappa shape index (κ2) is 4.57. The molecule has 0 aliphatic carbocycles. The lowest BCUT2D eigenvalue weighted by molar-refractivity contribution is 0.102. The average Bonchev–Trinajstić information content (AvgIpc) is 2.85. The molecule has 1 amide bonds. The topological polar surface area (TPSA) is 57.8 Å². The third kappa shape index (κ3) is 2.20. The van der Waals surface area contributed by atoms with Gasteiger partial charge in [0.25, 0.3) is 5.91 Å². The van der Waals surface area contributed by atoms with E-state index >= 15 is 0 Å². The van der Waals surface area contributed by atoms with Crippen LogP contribution in [0, 0.1) is 6.92 Å². The minimum Gasteiger partial charge on any atom is -0.350 e. The van der Waals surface area contributed by atoms with Gasteiger partial charge in [0.15, 0.2) is 0 Å². The van der Waals surface area contributed by atoms with Crippen LogP contribution in [0.5, 0.6) is 0 Å². The van der Waals surface area contributed by atoms with Crippen molar-refractivity contribution in [2.45, 2.75) is 6.92 Å². The van der Waals surface area contributed by atoms with E-state index in [-0.39, 0.29) is 5.91 Å². The molecule has 0 saturated heterocycles. The standard InChI is InChI=1S/C15H13N3O/c1-10-5-4-6-11-9-12(17-14(10)11)15(19)18-13-7-2-3-8-16-13/h2-9,17H,1H3,(H,16,18,19). The highest BCUT2D eigenvalue weighted by Crippen LogP contribution is 2.19. The summed E-state index contributed by atoms with van der Waals surface area (Å²) >= 11 is 0. The summed E-state index contributed by atoms with van der Waals surface area (Å²) in [4.78, 5) is 19.3. The molecule has 0 saturated carbocycles. The summed E-state index contributed by atoms with van der Waals surface area (Å²) in [5.74, 6) is 0.358. The van der Waals surface area contributed by atoms with Crippen LogP contribution >= 0.6 is 0 Å². The molecular weight excluding hydrogens is 238 g/mol. The van der Waals surface area contributed by atoms with E-state index in [0.717, 1.165) is 16.5 Å². The number of carbonyl (C=O) groups excluding carboxylic acids is 1. The summed E-state index contributed by atoms with van der Waals surface area (Å²) in [5, 5.41) is 3.79. The second-order valence-corrected chi connectivity index (χ2v) is 4.39. The average molecular weight is 251 g/mol. The van der Waals surface area contributed by atoms with Crippen molar-refractivity contribution < 1.29 is 4.79 Å². The Morgan fingerprint density at radius 2 is 2.11 bits per heavy atom. The fourth-order valence-corrected chi connectivity index (χ4v) is 2.05. The van der Waals surface area contributed by atoms with E-state index in [1.807, 2.05) is 43.3 Å². The van der Waals surface area contributed by atoms with Crippen LogP contribution in [-0.2, 0) is 0 Å². The fraction of sp³-hybridized carbons (Fsp3) is 0.0667. The lowest BCUT2D eigenvalue weighted by Crippen LogP contribution is -2.12. The Kier molecular flexibility index (Phi) is 2.76. The highest BCUT2D eigenvalue weighted by Gasteiger charge is 2.10. The Hall–Kier alpha value is -2.62. The van der Waals surface area contributed by atoms with Crippen LogP contribution in [0.4, 0.5) is 5.82 Å². The minimum absolute atomic E-state index is 0.186. The number of nitrogens with zero attached hydrogens (tertiary/aromatic N) is 1. The Bertz CT molecular complexity index is 731. The van der Waals surface area contributed by atoms with Crippen LogP contribution in [0.25, 0.3) is 10.9 Å². The molecule has 2 N–H and O–H groups in total. The quantitative estimate of drug-likeness (QED) is 0.735. The molecule has 0 bridgehead atoms. The fourth-order valence-electron chi connectivity index (χ4n) is 2.05. The number of carbonyl (C=O) groups is 1. The second-order valence-electron chi connectivity index (χ2n) is 4.39. The van der Waals surface area contributed by atoms with Gasteiger partial charge in [0.1, 0.15) is 11.5 Å². The Morgan fingerprint density at radius 1 is 1.21 bits per heavy atom. The monoisotopic (exact) mass is 251 g/mol. The third-order valence-corrected chi connectivity index (χ3v) is 3.02. The van der Waals surface area contributed by atoms with E-state index in [4.69, 9.17) is 0 Å². The van der Waals surface area contributed by atoms with Gasteiger partial charge < -0.3 is 10.3 Å². The van der Waals surface area contributed by atoms with Crippen LogP contribution < -0.4 is 5.32 Å². The van der Waals surface area contributed by atoms with Gasteiger partial charge in [-0.25, -0.2) is 4.98 Å². The van der Waals surface area contributed by atoms with Crippen LogP contribution in [0.3, 0.4) is 0 Å². The van der Waals surface area contributed by atoms with Gasteiger partial charge in [0.2, 0.25) is 0 Å². The zero-order chi connectivity index (χ0) is 13.2. The third-order valence-electron chi connectivity index (χ3n) is 3.02.